The van der Waals surface area contributed by atoms with E-state index in [1.807, 2.05) is 72.3 Å². The van der Waals surface area contributed by atoms with Gasteiger partial charge in [-0.2, -0.15) is 4.99 Å². The van der Waals surface area contributed by atoms with Crippen molar-refractivity contribution in [3.8, 4) is 5.75 Å². The Balaban J connectivity index is 1.30. The molecule has 0 atom stereocenters. The summed E-state index contributed by atoms with van der Waals surface area (Å²) in [4.78, 5) is 19.1. The van der Waals surface area contributed by atoms with Crippen LogP contribution in [0.4, 0.5) is 0 Å². The predicted octanol–water partition coefficient (Wildman–Crippen LogP) is 6.64. The number of para-hydroxylation sites is 1. The summed E-state index contributed by atoms with van der Waals surface area (Å²) in [6.45, 7) is 5.29. The fourth-order valence-corrected chi connectivity index (χ4v) is 5.81. The third-order valence-electron chi connectivity index (χ3n) is 6.60. The van der Waals surface area contributed by atoms with Crippen molar-refractivity contribution < 1.29 is 9.53 Å². The van der Waals surface area contributed by atoms with Crippen molar-refractivity contribution in [2.24, 2.45) is 4.99 Å². The lowest BCUT2D eigenvalue weighted by Gasteiger charge is -2.26. The molecule has 0 unspecified atom stereocenters. The Kier molecular flexibility index (Phi) is 6.21. The molecule has 4 aromatic rings. The van der Waals surface area contributed by atoms with Crippen molar-refractivity contribution in [1.82, 2.24) is 9.47 Å². The lowest BCUT2D eigenvalue weighted by Crippen LogP contribution is -2.38. The maximum absolute atomic E-state index is 13.0. The molecule has 1 N–H and O–H groups in total. The fraction of sp³-hybridized carbons (Fsp3) is 0.129. The highest BCUT2D eigenvalue weighted by atomic mass is 32.2. The zero-order valence-corrected chi connectivity index (χ0v) is 22.0. The van der Waals surface area contributed by atoms with Crippen LogP contribution in [0, 0.1) is 19.3 Å². The molecular formula is C31H26N4O2S. The summed E-state index contributed by atoms with van der Waals surface area (Å²) in [6.07, 6.45) is 3.81. The number of rotatable bonds is 6. The van der Waals surface area contributed by atoms with E-state index in [1.165, 1.54) is 22.9 Å². The number of amidine groups is 2. The topological polar surface area (TPSA) is 70.7 Å². The van der Waals surface area contributed by atoms with Crippen molar-refractivity contribution in [2.75, 3.05) is 6.61 Å². The number of amides is 1. The lowest BCUT2D eigenvalue weighted by atomic mass is 10.1. The van der Waals surface area contributed by atoms with Crippen LogP contribution in [0.15, 0.2) is 95.0 Å². The molecule has 3 heterocycles. The first-order valence-electron chi connectivity index (χ1n) is 12.4. The van der Waals surface area contributed by atoms with Gasteiger partial charge >= 0.3 is 0 Å². The molecule has 3 aromatic carbocycles. The van der Waals surface area contributed by atoms with Gasteiger partial charge in [-0.15, -0.1) is 0 Å². The van der Waals surface area contributed by atoms with Crippen LogP contribution in [0.2, 0.25) is 0 Å². The standard InChI is InChI=1S/C31H26N4O2S/c1-20-14-21(2)16-24(15-20)37-13-12-34-18-23(25-10-6-7-11-27(25)34)17-26-29(32)35-28(22-8-4-3-5-9-22)19-38-31(35)33-30(26)36/h3-11,14-19,32H,12-13H2,1-2H3. The van der Waals surface area contributed by atoms with E-state index in [0.29, 0.717) is 18.3 Å². The summed E-state index contributed by atoms with van der Waals surface area (Å²) in [6, 6.07) is 24.2. The van der Waals surface area contributed by atoms with Crippen LogP contribution in [-0.2, 0) is 11.3 Å². The molecule has 1 aromatic heterocycles. The van der Waals surface area contributed by atoms with Gasteiger partial charge in [0.2, 0.25) is 0 Å². The molecule has 0 saturated carbocycles. The number of ether oxygens (including phenoxy) is 1. The smallest absolute Gasteiger partial charge is 0.283 e. The van der Waals surface area contributed by atoms with Crippen molar-refractivity contribution in [2.45, 2.75) is 20.4 Å². The largest absolute Gasteiger partial charge is 0.492 e. The number of aliphatic imine (C=N–C) groups is 1. The molecule has 2 aliphatic rings. The minimum Gasteiger partial charge on any atom is -0.492 e. The second-order valence-corrected chi connectivity index (χ2v) is 10.2. The Hall–Kier alpha value is -4.36. The molecule has 1 amide bonds. The van der Waals surface area contributed by atoms with E-state index in [-0.39, 0.29) is 11.4 Å². The molecule has 0 saturated heterocycles. The van der Waals surface area contributed by atoms with Crippen molar-refractivity contribution in [3.05, 3.63) is 112 Å². The Morgan fingerprint density at radius 2 is 1.74 bits per heavy atom. The monoisotopic (exact) mass is 518 g/mol. The van der Waals surface area contributed by atoms with Gasteiger partial charge in [0.15, 0.2) is 5.17 Å². The van der Waals surface area contributed by atoms with Gasteiger partial charge in [0.05, 0.1) is 17.8 Å². The van der Waals surface area contributed by atoms with E-state index in [2.05, 4.69) is 35.5 Å². The van der Waals surface area contributed by atoms with Crippen molar-refractivity contribution in [1.29, 1.82) is 5.41 Å². The molecule has 6 rings (SSSR count). The molecule has 7 heteroatoms. The number of thioether (sulfide) groups is 1. The number of benzene rings is 3. The molecule has 2 aliphatic heterocycles. The van der Waals surface area contributed by atoms with Gasteiger partial charge in [0, 0.05) is 28.1 Å². The molecule has 188 valence electrons. The second kappa shape index (κ2) is 9.84. The normalized spacial score (nSPS) is 16.2. The number of carbonyl (C=O) groups excluding carboxylic acids is 1. The summed E-state index contributed by atoms with van der Waals surface area (Å²) in [5.41, 5.74) is 6.36. The van der Waals surface area contributed by atoms with Crippen molar-refractivity contribution >= 4 is 51.3 Å². The van der Waals surface area contributed by atoms with E-state index >= 15 is 0 Å². The summed E-state index contributed by atoms with van der Waals surface area (Å²) in [5, 5.41) is 12.4. The number of fused-ring (bicyclic) bond motifs is 2. The summed E-state index contributed by atoms with van der Waals surface area (Å²) >= 11 is 1.37. The van der Waals surface area contributed by atoms with E-state index in [1.54, 1.807) is 11.0 Å². The number of hydrogen-bond donors (Lipinski definition) is 1. The molecule has 0 bridgehead atoms. The van der Waals surface area contributed by atoms with Gasteiger partial charge in [-0.25, -0.2) is 0 Å². The van der Waals surface area contributed by atoms with E-state index < -0.39 is 5.91 Å². The second-order valence-electron chi connectivity index (χ2n) is 9.40. The van der Waals surface area contributed by atoms with Crippen molar-refractivity contribution in [3.63, 3.8) is 0 Å². The Morgan fingerprint density at radius 1 is 1.00 bits per heavy atom. The molecular weight excluding hydrogens is 492 g/mol. The van der Waals surface area contributed by atoms with Gasteiger partial charge in [-0.05, 0) is 54.8 Å². The third-order valence-corrected chi connectivity index (χ3v) is 7.43. The first kappa shape index (κ1) is 24.0. The molecule has 0 radical (unpaired) electrons. The summed E-state index contributed by atoms with van der Waals surface area (Å²) in [7, 11) is 0. The van der Waals surface area contributed by atoms with E-state index in [4.69, 9.17) is 10.1 Å². The first-order chi connectivity index (χ1) is 18.5. The summed E-state index contributed by atoms with van der Waals surface area (Å²) in [5.74, 6) is 0.600. The van der Waals surface area contributed by atoms with Gasteiger partial charge in [0.1, 0.15) is 18.2 Å². The van der Waals surface area contributed by atoms with Crippen LogP contribution >= 0.6 is 11.8 Å². The van der Waals surface area contributed by atoms with Crippen LogP contribution in [0.3, 0.4) is 0 Å². The SMILES string of the molecule is Cc1cc(C)cc(OCCn2cc(C=C3C(=N)N4C(c5ccccc5)=CSC4=NC3=O)c3ccccc32)c1. The van der Waals surface area contributed by atoms with Crippen LogP contribution in [0.5, 0.6) is 5.75 Å². The van der Waals surface area contributed by atoms with Crippen LogP contribution in [-0.4, -0.2) is 33.0 Å². The zero-order chi connectivity index (χ0) is 26.2. The highest BCUT2D eigenvalue weighted by Gasteiger charge is 2.36. The Morgan fingerprint density at radius 3 is 2.53 bits per heavy atom. The number of aromatic nitrogens is 1. The number of nitrogens with one attached hydrogen (secondary N) is 1. The van der Waals surface area contributed by atoms with Gasteiger partial charge < -0.3 is 9.30 Å². The highest BCUT2D eigenvalue weighted by molar-refractivity contribution is 8.17. The molecule has 0 spiro atoms. The Labute approximate surface area is 225 Å². The number of aryl methyl sites for hydroxylation is 2. The molecule has 0 fully saturated rings. The lowest BCUT2D eigenvalue weighted by molar-refractivity contribution is -0.114. The highest BCUT2D eigenvalue weighted by Crippen LogP contribution is 2.37. The van der Waals surface area contributed by atoms with Gasteiger partial charge in [0.25, 0.3) is 5.91 Å². The minimum absolute atomic E-state index is 0.134. The average Bonchev–Trinajstić information content (AvgIpc) is 3.48. The van der Waals surface area contributed by atoms with Crippen LogP contribution < -0.4 is 4.74 Å². The summed E-state index contributed by atoms with van der Waals surface area (Å²) < 4.78 is 8.19. The number of carbonyl (C=O) groups is 1. The fourth-order valence-electron chi connectivity index (χ4n) is 4.92. The Bertz CT molecular complexity index is 1660. The van der Waals surface area contributed by atoms with Crippen LogP contribution in [0.25, 0.3) is 22.7 Å². The third kappa shape index (κ3) is 4.46. The van der Waals surface area contributed by atoms with E-state index in [9.17, 15) is 4.79 Å². The maximum atomic E-state index is 13.0. The maximum Gasteiger partial charge on any atom is 0.283 e. The van der Waals surface area contributed by atoms with Crippen LogP contribution in [0.1, 0.15) is 22.3 Å². The molecule has 6 nitrogen and oxygen atoms in total. The number of hydrogen-bond acceptors (Lipinski definition) is 4. The average molecular weight is 519 g/mol. The zero-order valence-electron chi connectivity index (χ0n) is 21.1. The number of nitrogens with zero attached hydrogens (tertiary/aromatic N) is 3. The predicted molar refractivity (Wildman–Crippen MR) is 155 cm³/mol. The molecule has 38 heavy (non-hydrogen) atoms. The first-order valence-corrected chi connectivity index (χ1v) is 13.3. The van der Waals surface area contributed by atoms with Gasteiger partial charge in [-0.1, -0.05) is 66.4 Å². The van der Waals surface area contributed by atoms with E-state index in [0.717, 1.165) is 33.5 Å². The van der Waals surface area contributed by atoms with Gasteiger partial charge in [-0.3, -0.25) is 15.1 Å². The minimum atomic E-state index is -0.397. The quantitative estimate of drug-likeness (QED) is 0.291. The molecule has 0 aliphatic carbocycles.